The van der Waals surface area contributed by atoms with Crippen LogP contribution in [0.3, 0.4) is 0 Å². The molecular weight excluding hydrogens is 386 g/mol. The van der Waals surface area contributed by atoms with Gasteiger partial charge in [-0.3, -0.25) is 9.97 Å². The van der Waals surface area contributed by atoms with Gasteiger partial charge < -0.3 is 15.0 Å². The van der Waals surface area contributed by atoms with Gasteiger partial charge in [-0.25, -0.2) is 4.98 Å². The van der Waals surface area contributed by atoms with Crippen LogP contribution in [0.2, 0.25) is 5.02 Å². The number of hydrogen-bond acceptors (Lipinski definition) is 5. The highest BCUT2D eigenvalue weighted by Gasteiger charge is 2.16. The Kier molecular flexibility index (Phi) is 4.87. The number of piperidine rings is 1. The normalized spacial score (nSPS) is 16.8. The van der Waals surface area contributed by atoms with Crippen molar-refractivity contribution < 1.29 is 4.74 Å². The summed E-state index contributed by atoms with van der Waals surface area (Å²) in [4.78, 5) is 16.6. The lowest BCUT2D eigenvalue weighted by Gasteiger charge is -2.23. The van der Waals surface area contributed by atoms with E-state index in [4.69, 9.17) is 21.3 Å². The van der Waals surface area contributed by atoms with Crippen molar-refractivity contribution in [1.82, 2.24) is 25.3 Å². The lowest BCUT2D eigenvalue weighted by atomic mass is 10.0. The number of hydrogen-bond donors (Lipinski definition) is 2. The maximum atomic E-state index is 6.11. The van der Waals surface area contributed by atoms with Crippen molar-refractivity contribution in [2.24, 2.45) is 0 Å². The molecule has 0 aliphatic carbocycles. The minimum atomic E-state index is 0.137. The molecule has 1 aliphatic rings. The first-order valence-electron chi connectivity index (χ1n) is 9.68. The van der Waals surface area contributed by atoms with Gasteiger partial charge in [0.2, 0.25) is 5.88 Å². The molecule has 1 fully saturated rings. The molecule has 3 aromatic heterocycles. The number of benzene rings is 1. The molecule has 4 heterocycles. The van der Waals surface area contributed by atoms with Crippen molar-refractivity contribution in [2.45, 2.75) is 18.9 Å². The van der Waals surface area contributed by atoms with Gasteiger partial charge >= 0.3 is 0 Å². The molecule has 6 nitrogen and oxygen atoms in total. The first-order valence-corrected chi connectivity index (χ1v) is 10.1. The summed E-state index contributed by atoms with van der Waals surface area (Å²) in [5, 5.41) is 5.03. The van der Waals surface area contributed by atoms with Crippen LogP contribution in [0.5, 0.6) is 5.88 Å². The van der Waals surface area contributed by atoms with E-state index in [-0.39, 0.29) is 6.10 Å². The van der Waals surface area contributed by atoms with Crippen LogP contribution in [0.4, 0.5) is 0 Å². The van der Waals surface area contributed by atoms with Gasteiger partial charge in [0.05, 0.1) is 23.1 Å². The lowest BCUT2D eigenvalue weighted by Crippen LogP contribution is -2.37. The molecule has 1 aromatic carbocycles. The molecule has 7 heteroatoms. The number of halogens is 1. The molecule has 29 heavy (non-hydrogen) atoms. The average Bonchev–Trinajstić information content (AvgIpc) is 3.18. The van der Waals surface area contributed by atoms with Crippen LogP contribution in [-0.4, -0.2) is 39.1 Å². The molecular formula is C22H20ClN5O. The maximum Gasteiger partial charge on any atom is 0.233 e. The summed E-state index contributed by atoms with van der Waals surface area (Å²) in [6, 6.07) is 8.14. The fourth-order valence-electron chi connectivity index (χ4n) is 3.71. The monoisotopic (exact) mass is 405 g/mol. The quantitative estimate of drug-likeness (QED) is 0.524. The van der Waals surface area contributed by atoms with E-state index >= 15 is 0 Å². The smallest absolute Gasteiger partial charge is 0.233 e. The number of nitrogens with zero attached hydrogens (tertiary/aromatic N) is 3. The van der Waals surface area contributed by atoms with Crippen LogP contribution in [0.25, 0.3) is 33.3 Å². The summed E-state index contributed by atoms with van der Waals surface area (Å²) in [6.07, 6.45) is 11.1. The number of pyridine rings is 1. The first-order chi connectivity index (χ1) is 14.3. The Bertz CT molecular complexity index is 1150. The Labute approximate surface area is 173 Å². The zero-order valence-electron chi connectivity index (χ0n) is 15.7. The van der Waals surface area contributed by atoms with E-state index in [2.05, 4.69) is 38.5 Å². The van der Waals surface area contributed by atoms with E-state index < -0.39 is 0 Å². The Morgan fingerprint density at radius 3 is 2.83 bits per heavy atom. The van der Waals surface area contributed by atoms with Gasteiger partial charge in [0.25, 0.3) is 0 Å². The fraction of sp³-hybridized carbons (Fsp3) is 0.227. The molecule has 146 valence electrons. The summed E-state index contributed by atoms with van der Waals surface area (Å²) in [5.41, 5.74) is 4.81. The van der Waals surface area contributed by atoms with Gasteiger partial charge in [0, 0.05) is 47.2 Å². The lowest BCUT2D eigenvalue weighted by molar-refractivity contribution is 0.160. The zero-order valence-corrected chi connectivity index (χ0v) is 16.5. The number of nitrogens with one attached hydrogen (secondary N) is 2. The van der Waals surface area contributed by atoms with Crippen molar-refractivity contribution in [2.75, 3.05) is 13.1 Å². The molecule has 0 amide bonds. The number of aromatic nitrogens is 4. The molecule has 0 radical (unpaired) electrons. The number of aromatic amines is 1. The third kappa shape index (κ3) is 3.81. The molecule has 1 aliphatic heterocycles. The van der Waals surface area contributed by atoms with Crippen LogP contribution < -0.4 is 10.1 Å². The van der Waals surface area contributed by atoms with Gasteiger partial charge in [-0.2, -0.15) is 0 Å². The molecule has 1 saturated heterocycles. The minimum Gasteiger partial charge on any atom is -0.472 e. The molecule has 4 aromatic rings. The molecule has 5 rings (SSSR count). The summed E-state index contributed by atoms with van der Waals surface area (Å²) in [7, 11) is 0. The van der Waals surface area contributed by atoms with E-state index in [1.807, 2.05) is 18.5 Å². The Morgan fingerprint density at radius 2 is 1.97 bits per heavy atom. The highest BCUT2D eigenvalue weighted by Crippen LogP contribution is 2.32. The van der Waals surface area contributed by atoms with Crippen molar-refractivity contribution in [3.05, 3.63) is 60.3 Å². The van der Waals surface area contributed by atoms with Crippen molar-refractivity contribution >= 4 is 22.5 Å². The van der Waals surface area contributed by atoms with E-state index in [1.165, 1.54) is 0 Å². The molecule has 0 bridgehead atoms. The highest BCUT2D eigenvalue weighted by molar-refractivity contribution is 6.30. The van der Waals surface area contributed by atoms with Crippen LogP contribution in [0, 0.1) is 0 Å². The third-order valence-electron chi connectivity index (χ3n) is 5.15. The van der Waals surface area contributed by atoms with Gasteiger partial charge in [0.15, 0.2) is 0 Å². The third-order valence-corrected chi connectivity index (χ3v) is 5.35. The second kappa shape index (κ2) is 7.81. The van der Waals surface area contributed by atoms with Gasteiger partial charge in [-0.05, 0) is 43.1 Å². The summed E-state index contributed by atoms with van der Waals surface area (Å²) in [6.45, 7) is 1.89. The number of fused-ring (bicyclic) bond motifs is 1. The molecule has 0 spiro atoms. The second-order valence-electron chi connectivity index (χ2n) is 7.18. The molecule has 0 unspecified atom stereocenters. The molecule has 2 N–H and O–H groups in total. The maximum absolute atomic E-state index is 6.11. The Hall–Kier alpha value is -2.96. The summed E-state index contributed by atoms with van der Waals surface area (Å²) >= 11 is 6.11. The number of ether oxygens (including phenoxy) is 1. The van der Waals surface area contributed by atoms with E-state index in [1.54, 1.807) is 18.6 Å². The van der Waals surface area contributed by atoms with Crippen molar-refractivity contribution in [3.63, 3.8) is 0 Å². The summed E-state index contributed by atoms with van der Waals surface area (Å²) in [5.74, 6) is 0.556. The first kappa shape index (κ1) is 18.1. The fourth-order valence-corrected chi connectivity index (χ4v) is 3.88. The van der Waals surface area contributed by atoms with Crippen molar-refractivity contribution in [3.8, 4) is 28.3 Å². The largest absolute Gasteiger partial charge is 0.472 e. The van der Waals surface area contributed by atoms with Gasteiger partial charge in [-0.1, -0.05) is 17.7 Å². The zero-order chi connectivity index (χ0) is 19.6. The Balaban J connectivity index is 1.50. The average molecular weight is 406 g/mol. The van der Waals surface area contributed by atoms with E-state index in [0.717, 1.165) is 59.2 Å². The Morgan fingerprint density at radius 1 is 1.03 bits per heavy atom. The summed E-state index contributed by atoms with van der Waals surface area (Å²) < 4.78 is 6.04. The van der Waals surface area contributed by atoms with Crippen LogP contribution in [0.1, 0.15) is 12.8 Å². The number of rotatable bonds is 4. The molecule has 1 atom stereocenters. The molecule has 0 saturated carbocycles. The van der Waals surface area contributed by atoms with Crippen LogP contribution in [0.15, 0.2) is 55.2 Å². The topological polar surface area (TPSA) is 75.7 Å². The van der Waals surface area contributed by atoms with Crippen LogP contribution in [-0.2, 0) is 0 Å². The number of H-pyrrole nitrogens is 1. The van der Waals surface area contributed by atoms with Gasteiger partial charge in [-0.15, -0.1) is 0 Å². The standard InChI is InChI=1S/C22H20ClN5O/c23-16-6-15(8-25-9-16)14-3-4-20-18(7-14)19(11-27-20)21-12-26-13-22(28-21)29-17-2-1-5-24-10-17/h3-4,6-9,11-13,17,24,27H,1-2,5,10H2/t17-/m1/s1. The predicted molar refractivity (Wildman–Crippen MR) is 114 cm³/mol. The minimum absolute atomic E-state index is 0.137. The van der Waals surface area contributed by atoms with Crippen LogP contribution >= 0.6 is 11.6 Å². The predicted octanol–water partition coefficient (Wildman–Crippen LogP) is 4.47. The van der Waals surface area contributed by atoms with Crippen molar-refractivity contribution in [1.29, 1.82) is 0 Å². The van der Waals surface area contributed by atoms with E-state index in [9.17, 15) is 0 Å². The van der Waals surface area contributed by atoms with Gasteiger partial charge in [0.1, 0.15) is 6.10 Å². The highest BCUT2D eigenvalue weighted by atomic mass is 35.5. The second-order valence-corrected chi connectivity index (χ2v) is 7.62. The van der Waals surface area contributed by atoms with E-state index in [0.29, 0.717) is 10.9 Å². The SMILES string of the molecule is Clc1cncc(-c2ccc3[nH]cc(-c4cncc(O[C@@H]5CCCNC5)n4)c3c2)c1.